The smallest absolute Gasteiger partial charge is 0.241 e. The van der Waals surface area contributed by atoms with Crippen molar-refractivity contribution in [2.75, 3.05) is 20.1 Å². The number of rotatable bonds is 3. The Labute approximate surface area is 91.5 Å². The molecule has 2 unspecified atom stereocenters. The van der Waals surface area contributed by atoms with Gasteiger partial charge in [-0.3, -0.25) is 9.69 Å². The molecule has 4 heteroatoms. The van der Waals surface area contributed by atoms with Crippen LogP contribution in [0.5, 0.6) is 0 Å². The van der Waals surface area contributed by atoms with Gasteiger partial charge < -0.3 is 4.90 Å². The van der Waals surface area contributed by atoms with Gasteiger partial charge in [-0.2, -0.15) is 5.26 Å². The summed E-state index contributed by atoms with van der Waals surface area (Å²) in [6, 6.07) is 2.13. The first-order chi connectivity index (χ1) is 7.11. The van der Waals surface area contributed by atoms with Crippen LogP contribution in [0.2, 0.25) is 0 Å². The van der Waals surface area contributed by atoms with E-state index in [1.165, 1.54) is 0 Å². The average Bonchev–Trinajstić information content (AvgIpc) is 2.23. The average molecular weight is 209 g/mol. The van der Waals surface area contributed by atoms with Crippen molar-refractivity contribution in [3.63, 3.8) is 0 Å². The quantitative estimate of drug-likeness (QED) is 0.692. The molecule has 1 aliphatic rings. The number of piperazine rings is 1. The molecule has 1 heterocycles. The first-order valence-electron chi connectivity index (χ1n) is 5.49. The number of hydrogen-bond acceptors (Lipinski definition) is 3. The highest BCUT2D eigenvalue weighted by Crippen LogP contribution is 2.16. The van der Waals surface area contributed by atoms with Crippen LogP contribution in [0.4, 0.5) is 0 Å². The molecule has 1 rings (SSSR count). The standard InChI is InChI=1S/C11H19N3O/c1-4-9(2)14-8-7-13(3)10(5-6-12)11(14)15/h9-10H,4-5,7-8H2,1-3H3. The summed E-state index contributed by atoms with van der Waals surface area (Å²) in [6.45, 7) is 5.79. The molecule has 4 nitrogen and oxygen atoms in total. The van der Waals surface area contributed by atoms with Crippen molar-refractivity contribution in [3.05, 3.63) is 0 Å². The topological polar surface area (TPSA) is 47.3 Å². The molecule has 1 fully saturated rings. The number of amides is 1. The fourth-order valence-corrected chi connectivity index (χ4v) is 1.90. The highest BCUT2D eigenvalue weighted by atomic mass is 16.2. The molecule has 1 saturated heterocycles. The lowest BCUT2D eigenvalue weighted by Crippen LogP contribution is -2.57. The van der Waals surface area contributed by atoms with Gasteiger partial charge in [-0.15, -0.1) is 0 Å². The van der Waals surface area contributed by atoms with Gasteiger partial charge in [0.1, 0.15) is 6.04 Å². The highest BCUT2D eigenvalue weighted by Gasteiger charge is 2.33. The third-order valence-electron chi connectivity index (χ3n) is 3.20. The molecule has 84 valence electrons. The van der Waals surface area contributed by atoms with Crippen LogP contribution in [0, 0.1) is 11.3 Å². The first kappa shape index (κ1) is 12.0. The zero-order valence-corrected chi connectivity index (χ0v) is 9.73. The van der Waals surface area contributed by atoms with Crippen LogP contribution in [0.1, 0.15) is 26.7 Å². The number of likely N-dealkylation sites (N-methyl/N-ethyl adjacent to an activating group) is 1. The van der Waals surface area contributed by atoms with Crippen molar-refractivity contribution >= 4 is 5.91 Å². The van der Waals surface area contributed by atoms with Gasteiger partial charge >= 0.3 is 0 Å². The maximum Gasteiger partial charge on any atom is 0.241 e. The van der Waals surface area contributed by atoms with E-state index in [2.05, 4.69) is 19.9 Å². The van der Waals surface area contributed by atoms with Gasteiger partial charge in [-0.05, 0) is 20.4 Å². The molecule has 0 aliphatic carbocycles. The molecule has 0 N–H and O–H groups in total. The summed E-state index contributed by atoms with van der Waals surface area (Å²) >= 11 is 0. The van der Waals surface area contributed by atoms with Crippen LogP contribution >= 0.6 is 0 Å². The number of carbonyl (C=O) groups is 1. The Morgan fingerprint density at radius 3 is 2.80 bits per heavy atom. The van der Waals surface area contributed by atoms with Crippen LogP contribution in [0.3, 0.4) is 0 Å². The summed E-state index contributed by atoms with van der Waals surface area (Å²) in [5.74, 6) is 0.111. The highest BCUT2D eigenvalue weighted by molar-refractivity contribution is 5.83. The van der Waals surface area contributed by atoms with Gasteiger partial charge in [-0.25, -0.2) is 0 Å². The maximum absolute atomic E-state index is 12.1. The van der Waals surface area contributed by atoms with Crippen molar-refractivity contribution in [2.45, 2.75) is 38.8 Å². The zero-order chi connectivity index (χ0) is 11.4. The molecule has 0 spiro atoms. The largest absolute Gasteiger partial charge is 0.337 e. The zero-order valence-electron chi connectivity index (χ0n) is 9.73. The van der Waals surface area contributed by atoms with Crippen LogP contribution in [0.25, 0.3) is 0 Å². The van der Waals surface area contributed by atoms with Crippen molar-refractivity contribution in [3.8, 4) is 6.07 Å². The lowest BCUT2D eigenvalue weighted by Gasteiger charge is -2.40. The summed E-state index contributed by atoms with van der Waals surface area (Å²) in [4.78, 5) is 15.9. The molecule has 0 aromatic carbocycles. The van der Waals surface area contributed by atoms with E-state index in [0.29, 0.717) is 6.42 Å². The minimum Gasteiger partial charge on any atom is -0.337 e. The second-order valence-electron chi connectivity index (χ2n) is 4.15. The number of hydrogen-bond donors (Lipinski definition) is 0. The Morgan fingerprint density at radius 1 is 1.60 bits per heavy atom. The molecule has 0 aromatic rings. The SMILES string of the molecule is CCC(C)N1CCN(C)C(CC#N)C1=O. The molecule has 0 saturated carbocycles. The van der Waals surface area contributed by atoms with E-state index in [1.807, 2.05) is 16.8 Å². The fraction of sp³-hybridized carbons (Fsp3) is 0.818. The Balaban J connectivity index is 2.73. The third kappa shape index (κ3) is 2.48. The molecule has 0 bridgehead atoms. The van der Waals surface area contributed by atoms with E-state index in [-0.39, 0.29) is 18.0 Å². The Bertz CT molecular complexity index is 271. The number of nitriles is 1. The van der Waals surface area contributed by atoms with Crippen LogP contribution in [0.15, 0.2) is 0 Å². The maximum atomic E-state index is 12.1. The molecule has 1 aliphatic heterocycles. The van der Waals surface area contributed by atoms with E-state index in [4.69, 9.17) is 5.26 Å². The fourth-order valence-electron chi connectivity index (χ4n) is 1.90. The van der Waals surface area contributed by atoms with E-state index >= 15 is 0 Å². The van der Waals surface area contributed by atoms with Gasteiger partial charge in [0.15, 0.2) is 0 Å². The predicted octanol–water partition coefficient (Wildman–Crippen LogP) is 0.841. The lowest BCUT2D eigenvalue weighted by molar-refractivity contribution is -0.143. The lowest BCUT2D eigenvalue weighted by atomic mass is 10.1. The van der Waals surface area contributed by atoms with Crippen molar-refractivity contribution in [1.29, 1.82) is 5.26 Å². The van der Waals surface area contributed by atoms with Crippen molar-refractivity contribution < 1.29 is 4.79 Å². The van der Waals surface area contributed by atoms with Gasteiger partial charge in [-0.1, -0.05) is 6.92 Å². The molecule has 15 heavy (non-hydrogen) atoms. The molecule has 0 radical (unpaired) electrons. The monoisotopic (exact) mass is 209 g/mol. The molecule has 0 aromatic heterocycles. The van der Waals surface area contributed by atoms with E-state index < -0.39 is 0 Å². The summed E-state index contributed by atoms with van der Waals surface area (Å²) in [7, 11) is 1.91. The van der Waals surface area contributed by atoms with Crippen LogP contribution < -0.4 is 0 Å². The third-order valence-corrected chi connectivity index (χ3v) is 3.20. The van der Waals surface area contributed by atoms with Crippen LogP contribution in [-0.4, -0.2) is 47.9 Å². The van der Waals surface area contributed by atoms with E-state index in [1.54, 1.807) is 0 Å². The Morgan fingerprint density at radius 2 is 2.27 bits per heavy atom. The second-order valence-corrected chi connectivity index (χ2v) is 4.15. The summed E-state index contributed by atoms with van der Waals surface area (Å²) in [5.41, 5.74) is 0. The van der Waals surface area contributed by atoms with Crippen molar-refractivity contribution in [2.24, 2.45) is 0 Å². The van der Waals surface area contributed by atoms with E-state index in [9.17, 15) is 4.79 Å². The summed E-state index contributed by atoms with van der Waals surface area (Å²) in [6.07, 6.45) is 1.26. The first-order valence-corrected chi connectivity index (χ1v) is 5.49. The molecule has 1 amide bonds. The van der Waals surface area contributed by atoms with Gasteiger partial charge in [0, 0.05) is 19.1 Å². The number of nitrogens with zero attached hydrogens (tertiary/aromatic N) is 3. The minimum atomic E-state index is -0.238. The van der Waals surface area contributed by atoms with Crippen LogP contribution in [-0.2, 0) is 4.79 Å². The summed E-state index contributed by atoms with van der Waals surface area (Å²) < 4.78 is 0. The number of carbonyl (C=O) groups excluding carboxylic acids is 1. The van der Waals surface area contributed by atoms with E-state index in [0.717, 1.165) is 19.5 Å². The molecule has 2 atom stereocenters. The molecular formula is C11H19N3O. The predicted molar refractivity (Wildman–Crippen MR) is 58.1 cm³/mol. The van der Waals surface area contributed by atoms with Gasteiger partial charge in [0.25, 0.3) is 0 Å². The Hall–Kier alpha value is -1.08. The Kier molecular flexibility index (Phi) is 4.10. The van der Waals surface area contributed by atoms with Gasteiger partial charge in [0.05, 0.1) is 12.5 Å². The van der Waals surface area contributed by atoms with Gasteiger partial charge in [0.2, 0.25) is 5.91 Å². The van der Waals surface area contributed by atoms with Crippen molar-refractivity contribution in [1.82, 2.24) is 9.80 Å². The second kappa shape index (κ2) is 5.13. The normalized spacial score (nSPS) is 25.1. The molecular weight excluding hydrogens is 190 g/mol. The summed E-state index contributed by atoms with van der Waals surface area (Å²) in [5, 5.41) is 8.69. The minimum absolute atomic E-state index is 0.111.